The van der Waals surface area contributed by atoms with E-state index in [0.717, 1.165) is 5.56 Å². The van der Waals surface area contributed by atoms with Crippen molar-refractivity contribution in [1.82, 2.24) is 0 Å². The normalized spacial score (nSPS) is 10.4. The average molecular weight is 237 g/mol. The third kappa shape index (κ3) is 4.78. The molecule has 0 bridgehead atoms. The van der Waals surface area contributed by atoms with Gasteiger partial charge in [0.25, 0.3) is 5.91 Å². The van der Waals surface area contributed by atoms with Crippen molar-refractivity contribution in [2.75, 3.05) is 5.32 Å². The molecule has 0 heterocycles. The van der Waals surface area contributed by atoms with Gasteiger partial charge in [0.15, 0.2) is 5.83 Å². The van der Waals surface area contributed by atoms with Gasteiger partial charge in [0.1, 0.15) is 0 Å². The van der Waals surface area contributed by atoms with E-state index < -0.39 is 11.7 Å². The van der Waals surface area contributed by atoms with Crippen LogP contribution < -0.4 is 5.32 Å². The lowest BCUT2D eigenvalue weighted by Crippen LogP contribution is -2.11. The topological polar surface area (TPSA) is 38.3 Å². The Balaban J connectivity index is 2.56. The number of hydrogen-bond acceptors (Lipinski definition) is 2. The molecule has 0 unspecified atom stereocenters. The summed E-state index contributed by atoms with van der Waals surface area (Å²) in [7, 11) is 0. The number of ether oxygens (including phenoxy) is 1. The van der Waals surface area contributed by atoms with E-state index in [1.54, 1.807) is 12.1 Å². The molecule has 0 spiro atoms. The molecule has 1 aromatic carbocycles. The van der Waals surface area contributed by atoms with Crippen LogP contribution in [0, 0.1) is 0 Å². The first-order chi connectivity index (χ1) is 7.99. The molecule has 92 valence electrons. The average Bonchev–Trinajstić information content (AvgIpc) is 2.28. The number of hydrogen-bond donors (Lipinski definition) is 1. The van der Waals surface area contributed by atoms with Crippen molar-refractivity contribution in [1.29, 1.82) is 0 Å². The van der Waals surface area contributed by atoms with E-state index >= 15 is 0 Å². The highest BCUT2D eigenvalue weighted by atomic mass is 19.1. The van der Waals surface area contributed by atoms with Gasteiger partial charge in [-0.05, 0) is 31.5 Å². The summed E-state index contributed by atoms with van der Waals surface area (Å²) in [5, 5.41) is 2.38. The summed E-state index contributed by atoms with van der Waals surface area (Å²) in [6.45, 7) is 7.35. The maximum absolute atomic E-state index is 12.4. The van der Waals surface area contributed by atoms with Crippen LogP contribution >= 0.6 is 0 Å². The summed E-state index contributed by atoms with van der Waals surface area (Å²) in [6.07, 6.45) is 0.171. The summed E-state index contributed by atoms with van der Waals surface area (Å²) in [4.78, 5) is 11.0. The van der Waals surface area contributed by atoms with Crippen molar-refractivity contribution in [2.45, 2.75) is 26.6 Å². The second-order valence-corrected chi connectivity index (χ2v) is 3.92. The van der Waals surface area contributed by atoms with E-state index in [4.69, 9.17) is 4.74 Å². The maximum atomic E-state index is 12.4. The lowest BCUT2D eigenvalue weighted by atomic mass is 10.2. The third-order valence-corrected chi connectivity index (χ3v) is 2.04. The number of carbonyl (C=O) groups excluding carboxylic acids is 1. The summed E-state index contributed by atoms with van der Waals surface area (Å²) >= 11 is 0. The van der Waals surface area contributed by atoms with Crippen LogP contribution in [0.5, 0.6) is 0 Å². The van der Waals surface area contributed by atoms with Crippen LogP contribution in [0.25, 0.3) is 0 Å². The first-order valence-corrected chi connectivity index (χ1v) is 5.35. The molecular formula is C13H16FNO2. The minimum absolute atomic E-state index is 0.171. The number of benzene rings is 1. The predicted molar refractivity (Wildman–Crippen MR) is 65.2 cm³/mol. The summed E-state index contributed by atoms with van der Waals surface area (Å²) in [6, 6.07) is 7.03. The van der Waals surface area contributed by atoms with Gasteiger partial charge < -0.3 is 10.1 Å². The molecule has 0 aliphatic carbocycles. The molecule has 1 rings (SSSR count). The predicted octanol–water partition coefficient (Wildman–Crippen LogP) is 3.03. The minimum atomic E-state index is -1.00. The van der Waals surface area contributed by atoms with E-state index in [1.165, 1.54) is 0 Å². The van der Waals surface area contributed by atoms with E-state index in [-0.39, 0.29) is 6.10 Å². The Labute approximate surface area is 100 Å². The highest BCUT2D eigenvalue weighted by molar-refractivity contribution is 6.01. The fourth-order valence-corrected chi connectivity index (χ4v) is 1.15. The van der Waals surface area contributed by atoms with Gasteiger partial charge in [-0.15, -0.1) is 0 Å². The quantitative estimate of drug-likeness (QED) is 0.799. The van der Waals surface area contributed by atoms with E-state index in [1.807, 2.05) is 26.0 Å². The molecule has 0 aliphatic heterocycles. The number of carbonyl (C=O) groups is 1. The van der Waals surface area contributed by atoms with Gasteiger partial charge in [-0.2, -0.15) is 0 Å². The molecule has 0 saturated heterocycles. The van der Waals surface area contributed by atoms with Crippen LogP contribution in [-0.4, -0.2) is 12.0 Å². The highest BCUT2D eigenvalue weighted by Crippen LogP contribution is 2.12. The SMILES string of the molecule is C=C(F)C(=O)Nc1ccc(COC(C)C)cc1. The van der Waals surface area contributed by atoms with Gasteiger partial charge in [-0.1, -0.05) is 18.7 Å². The first kappa shape index (κ1) is 13.4. The van der Waals surface area contributed by atoms with Crippen molar-refractivity contribution in [3.8, 4) is 0 Å². The third-order valence-electron chi connectivity index (χ3n) is 2.04. The highest BCUT2D eigenvalue weighted by Gasteiger charge is 2.05. The summed E-state index contributed by atoms with van der Waals surface area (Å²) < 4.78 is 17.9. The van der Waals surface area contributed by atoms with E-state index in [9.17, 15) is 9.18 Å². The molecule has 1 aromatic rings. The Morgan fingerprint density at radius 2 is 2.00 bits per heavy atom. The molecule has 0 aliphatic rings. The largest absolute Gasteiger partial charge is 0.374 e. The Morgan fingerprint density at radius 3 is 2.47 bits per heavy atom. The number of amides is 1. The van der Waals surface area contributed by atoms with Crippen LogP contribution in [0.1, 0.15) is 19.4 Å². The van der Waals surface area contributed by atoms with Crippen molar-refractivity contribution < 1.29 is 13.9 Å². The van der Waals surface area contributed by atoms with Gasteiger partial charge in [0.05, 0.1) is 12.7 Å². The molecule has 0 fully saturated rings. The Morgan fingerprint density at radius 1 is 1.41 bits per heavy atom. The zero-order valence-corrected chi connectivity index (χ0v) is 10.00. The molecule has 3 nitrogen and oxygen atoms in total. The fraction of sp³-hybridized carbons (Fsp3) is 0.308. The molecule has 0 saturated carbocycles. The standard InChI is InChI=1S/C13H16FNO2/c1-9(2)17-8-11-4-6-12(7-5-11)15-13(16)10(3)14/h4-7,9H,3,8H2,1-2H3,(H,15,16). The van der Waals surface area contributed by atoms with Gasteiger partial charge in [-0.3, -0.25) is 4.79 Å². The number of rotatable bonds is 5. The van der Waals surface area contributed by atoms with Gasteiger partial charge >= 0.3 is 0 Å². The van der Waals surface area contributed by atoms with Gasteiger partial charge in [-0.25, -0.2) is 4.39 Å². The molecule has 0 aromatic heterocycles. The fourth-order valence-electron chi connectivity index (χ4n) is 1.15. The van der Waals surface area contributed by atoms with Crippen molar-refractivity contribution >= 4 is 11.6 Å². The lowest BCUT2D eigenvalue weighted by Gasteiger charge is -2.08. The molecule has 1 amide bonds. The smallest absolute Gasteiger partial charge is 0.283 e. The minimum Gasteiger partial charge on any atom is -0.374 e. The zero-order valence-electron chi connectivity index (χ0n) is 10.00. The number of anilines is 1. The molecule has 0 atom stereocenters. The molecule has 0 radical (unpaired) electrons. The number of nitrogens with one attached hydrogen (secondary N) is 1. The first-order valence-electron chi connectivity index (χ1n) is 5.35. The van der Waals surface area contributed by atoms with Crippen LogP contribution in [0.4, 0.5) is 10.1 Å². The zero-order chi connectivity index (χ0) is 12.8. The van der Waals surface area contributed by atoms with Crippen molar-refractivity contribution in [3.05, 3.63) is 42.2 Å². The summed E-state index contributed by atoms with van der Waals surface area (Å²) in [5.74, 6) is -1.83. The second kappa shape index (κ2) is 6.15. The van der Waals surface area contributed by atoms with Gasteiger partial charge in [0.2, 0.25) is 0 Å². The Kier molecular flexibility index (Phi) is 4.84. The van der Waals surface area contributed by atoms with Crippen LogP contribution in [0.2, 0.25) is 0 Å². The van der Waals surface area contributed by atoms with Crippen LogP contribution in [0.15, 0.2) is 36.7 Å². The number of halogens is 1. The molecule has 17 heavy (non-hydrogen) atoms. The van der Waals surface area contributed by atoms with Crippen LogP contribution in [-0.2, 0) is 16.1 Å². The van der Waals surface area contributed by atoms with Crippen LogP contribution in [0.3, 0.4) is 0 Å². The summed E-state index contributed by atoms with van der Waals surface area (Å²) in [5.41, 5.74) is 1.53. The lowest BCUT2D eigenvalue weighted by molar-refractivity contribution is -0.114. The van der Waals surface area contributed by atoms with Crippen molar-refractivity contribution in [3.63, 3.8) is 0 Å². The van der Waals surface area contributed by atoms with Gasteiger partial charge in [0, 0.05) is 5.69 Å². The Hall–Kier alpha value is -1.68. The van der Waals surface area contributed by atoms with E-state index in [0.29, 0.717) is 12.3 Å². The Bertz CT molecular complexity index is 398. The second-order valence-electron chi connectivity index (χ2n) is 3.92. The monoisotopic (exact) mass is 237 g/mol. The van der Waals surface area contributed by atoms with Crippen molar-refractivity contribution in [2.24, 2.45) is 0 Å². The molecular weight excluding hydrogens is 221 g/mol. The molecule has 1 N–H and O–H groups in total. The van der Waals surface area contributed by atoms with E-state index in [2.05, 4.69) is 11.9 Å². The molecule has 4 heteroatoms. The maximum Gasteiger partial charge on any atom is 0.283 e.